The minimum absolute atomic E-state index is 0.220. The Hall–Kier alpha value is -3.44. The Bertz CT molecular complexity index is 946. The van der Waals surface area contributed by atoms with Gasteiger partial charge in [-0.25, -0.2) is 0 Å². The molecule has 1 fully saturated rings. The fraction of sp³-hybridized carbons (Fsp3) is 0.231. The molecule has 0 aromatic heterocycles. The molecule has 5 heteroatoms. The number of benzene rings is 3. The summed E-state index contributed by atoms with van der Waals surface area (Å²) in [5.74, 6) is -1.29. The van der Waals surface area contributed by atoms with Crippen LogP contribution in [-0.2, 0) is 19.1 Å². The molecule has 0 bridgehead atoms. The van der Waals surface area contributed by atoms with Gasteiger partial charge >= 0.3 is 5.97 Å². The standard InChI is InChI=1S/C26H25NO4/c28-25(27-16-18-30-19-17-27)24(22-14-8-3-9-15-22)31-26(29)23(20-10-4-1-5-11-20)21-12-6-2-7-13-21/h1-15,23-24H,16-19H2/t24-/m0/s1. The van der Waals surface area contributed by atoms with E-state index in [4.69, 9.17) is 9.47 Å². The summed E-state index contributed by atoms with van der Waals surface area (Å²) in [6.07, 6.45) is -0.998. The van der Waals surface area contributed by atoms with Gasteiger partial charge in [-0.15, -0.1) is 0 Å². The Morgan fingerprint density at radius 1 is 0.710 bits per heavy atom. The van der Waals surface area contributed by atoms with Crippen molar-refractivity contribution in [3.05, 3.63) is 108 Å². The number of rotatable bonds is 6. The van der Waals surface area contributed by atoms with E-state index < -0.39 is 18.0 Å². The van der Waals surface area contributed by atoms with Crippen molar-refractivity contribution in [2.24, 2.45) is 0 Å². The van der Waals surface area contributed by atoms with E-state index >= 15 is 0 Å². The third kappa shape index (κ3) is 5.01. The summed E-state index contributed by atoms with van der Waals surface area (Å²) in [5, 5.41) is 0. The third-order valence-electron chi connectivity index (χ3n) is 5.38. The SMILES string of the molecule is O=C(O[C@H](C(=O)N1CCOCC1)c1ccccc1)C(c1ccccc1)c1ccccc1. The number of carbonyl (C=O) groups excluding carboxylic acids is 2. The lowest BCUT2D eigenvalue weighted by molar-refractivity contribution is -0.163. The molecule has 0 N–H and O–H groups in total. The summed E-state index contributed by atoms with van der Waals surface area (Å²) in [5.41, 5.74) is 2.31. The number of esters is 1. The van der Waals surface area contributed by atoms with Gasteiger partial charge in [0.05, 0.1) is 13.2 Å². The molecule has 31 heavy (non-hydrogen) atoms. The van der Waals surface area contributed by atoms with Crippen LogP contribution >= 0.6 is 0 Å². The van der Waals surface area contributed by atoms with Crippen molar-refractivity contribution < 1.29 is 19.1 Å². The van der Waals surface area contributed by atoms with E-state index in [0.29, 0.717) is 31.9 Å². The summed E-state index contributed by atoms with van der Waals surface area (Å²) in [6.45, 7) is 1.94. The zero-order valence-electron chi connectivity index (χ0n) is 17.2. The minimum atomic E-state index is -0.998. The van der Waals surface area contributed by atoms with Gasteiger partial charge in [0.1, 0.15) is 5.92 Å². The van der Waals surface area contributed by atoms with Gasteiger partial charge in [0.25, 0.3) is 5.91 Å². The first kappa shape index (κ1) is 20.8. The van der Waals surface area contributed by atoms with Crippen LogP contribution in [0.25, 0.3) is 0 Å². The highest BCUT2D eigenvalue weighted by Gasteiger charge is 2.33. The molecule has 3 aromatic rings. The Morgan fingerprint density at radius 2 is 1.16 bits per heavy atom. The average molecular weight is 415 g/mol. The highest BCUT2D eigenvalue weighted by atomic mass is 16.5. The topological polar surface area (TPSA) is 55.8 Å². The fourth-order valence-electron chi connectivity index (χ4n) is 3.78. The van der Waals surface area contributed by atoms with Crippen molar-refractivity contribution >= 4 is 11.9 Å². The lowest BCUT2D eigenvalue weighted by atomic mass is 9.91. The average Bonchev–Trinajstić information content (AvgIpc) is 2.85. The molecule has 158 valence electrons. The van der Waals surface area contributed by atoms with Gasteiger partial charge in [-0.05, 0) is 11.1 Å². The van der Waals surface area contributed by atoms with Gasteiger partial charge in [0, 0.05) is 18.7 Å². The van der Waals surface area contributed by atoms with Gasteiger partial charge in [0.15, 0.2) is 0 Å². The van der Waals surface area contributed by atoms with Gasteiger partial charge in [-0.2, -0.15) is 0 Å². The van der Waals surface area contributed by atoms with E-state index in [1.807, 2.05) is 91.0 Å². The molecule has 1 aliphatic heterocycles. The van der Waals surface area contributed by atoms with Crippen molar-refractivity contribution in [2.45, 2.75) is 12.0 Å². The van der Waals surface area contributed by atoms with E-state index in [1.54, 1.807) is 4.90 Å². The van der Waals surface area contributed by atoms with Gasteiger partial charge < -0.3 is 14.4 Å². The van der Waals surface area contributed by atoms with E-state index in [-0.39, 0.29) is 5.91 Å². The number of morpholine rings is 1. The zero-order valence-corrected chi connectivity index (χ0v) is 17.2. The van der Waals surface area contributed by atoms with Crippen molar-refractivity contribution in [3.63, 3.8) is 0 Å². The number of hydrogen-bond donors (Lipinski definition) is 0. The first-order chi connectivity index (χ1) is 15.2. The molecular formula is C26H25NO4. The maximum Gasteiger partial charge on any atom is 0.319 e. The summed E-state index contributed by atoms with van der Waals surface area (Å²) in [6, 6.07) is 28.2. The van der Waals surface area contributed by atoms with E-state index in [0.717, 1.165) is 11.1 Å². The van der Waals surface area contributed by atoms with Crippen LogP contribution in [0.5, 0.6) is 0 Å². The Morgan fingerprint density at radius 3 is 1.65 bits per heavy atom. The number of amides is 1. The van der Waals surface area contributed by atoms with E-state index in [1.165, 1.54) is 0 Å². The van der Waals surface area contributed by atoms with Crippen molar-refractivity contribution in [1.29, 1.82) is 0 Å². The van der Waals surface area contributed by atoms with Gasteiger partial charge in [-0.1, -0.05) is 91.0 Å². The highest BCUT2D eigenvalue weighted by Crippen LogP contribution is 2.30. The first-order valence-corrected chi connectivity index (χ1v) is 10.5. The fourth-order valence-corrected chi connectivity index (χ4v) is 3.78. The van der Waals surface area contributed by atoms with Crippen molar-refractivity contribution in [3.8, 4) is 0 Å². The second kappa shape index (κ2) is 10.0. The van der Waals surface area contributed by atoms with Gasteiger partial charge in [-0.3, -0.25) is 9.59 Å². The highest BCUT2D eigenvalue weighted by molar-refractivity contribution is 5.88. The van der Waals surface area contributed by atoms with Crippen LogP contribution in [0.3, 0.4) is 0 Å². The number of carbonyl (C=O) groups is 2. The Kier molecular flexibility index (Phi) is 6.75. The summed E-state index contributed by atoms with van der Waals surface area (Å²) < 4.78 is 11.3. The monoisotopic (exact) mass is 415 g/mol. The smallest absolute Gasteiger partial charge is 0.319 e. The zero-order chi connectivity index (χ0) is 21.5. The molecule has 1 aliphatic rings. The van der Waals surface area contributed by atoms with Crippen molar-refractivity contribution in [1.82, 2.24) is 4.90 Å². The lowest BCUT2D eigenvalue weighted by Crippen LogP contribution is -2.44. The third-order valence-corrected chi connectivity index (χ3v) is 5.38. The molecule has 3 aromatic carbocycles. The van der Waals surface area contributed by atoms with Crippen LogP contribution in [-0.4, -0.2) is 43.1 Å². The molecule has 1 atom stereocenters. The van der Waals surface area contributed by atoms with Crippen LogP contribution < -0.4 is 0 Å². The molecule has 1 heterocycles. The molecule has 5 nitrogen and oxygen atoms in total. The molecule has 0 unspecified atom stereocenters. The molecule has 0 spiro atoms. The second-order valence-corrected chi connectivity index (χ2v) is 7.42. The lowest BCUT2D eigenvalue weighted by Gasteiger charge is -2.31. The summed E-state index contributed by atoms with van der Waals surface area (Å²) >= 11 is 0. The minimum Gasteiger partial charge on any atom is -0.447 e. The van der Waals surface area contributed by atoms with Crippen LogP contribution in [0.1, 0.15) is 28.7 Å². The number of hydrogen-bond acceptors (Lipinski definition) is 4. The maximum atomic E-state index is 13.5. The van der Waals surface area contributed by atoms with E-state index in [9.17, 15) is 9.59 Å². The number of ether oxygens (including phenoxy) is 2. The summed E-state index contributed by atoms with van der Waals surface area (Å²) in [7, 11) is 0. The van der Waals surface area contributed by atoms with Crippen LogP contribution in [0.15, 0.2) is 91.0 Å². The molecule has 0 radical (unpaired) electrons. The number of nitrogens with zero attached hydrogens (tertiary/aromatic N) is 1. The van der Waals surface area contributed by atoms with Crippen LogP contribution in [0.2, 0.25) is 0 Å². The quantitative estimate of drug-likeness (QED) is 0.572. The van der Waals surface area contributed by atoms with Crippen LogP contribution in [0, 0.1) is 0 Å². The molecule has 4 rings (SSSR count). The molecule has 0 saturated carbocycles. The Balaban J connectivity index is 1.65. The largest absolute Gasteiger partial charge is 0.447 e. The van der Waals surface area contributed by atoms with E-state index in [2.05, 4.69) is 0 Å². The predicted octanol–water partition coefficient (Wildman–Crippen LogP) is 3.96. The molecular weight excluding hydrogens is 390 g/mol. The summed E-state index contributed by atoms with van der Waals surface area (Å²) in [4.78, 5) is 28.5. The van der Waals surface area contributed by atoms with Gasteiger partial charge in [0.2, 0.25) is 6.10 Å². The predicted molar refractivity (Wildman–Crippen MR) is 117 cm³/mol. The Labute approximate surface area is 182 Å². The molecule has 1 amide bonds. The van der Waals surface area contributed by atoms with Crippen molar-refractivity contribution in [2.75, 3.05) is 26.3 Å². The second-order valence-electron chi connectivity index (χ2n) is 7.42. The van der Waals surface area contributed by atoms with Crippen LogP contribution in [0.4, 0.5) is 0 Å². The molecule has 1 saturated heterocycles. The first-order valence-electron chi connectivity index (χ1n) is 10.5. The normalized spacial score (nSPS) is 14.8. The maximum absolute atomic E-state index is 13.5. The molecule has 0 aliphatic carbocycles.